The van der Waals surface area contributed by atoms with Crippen molar-refractivity contribution in [1.29, 1.82) is 0 Å². The summed E-state index contributed by atoms with van der Waals surface area (Å²) in [4.78, 5) is 20.6. The fourth-order valence-corrected chi connectivity index (χ4v) is 3.08. The molecule has 0 aromatic carbocycles. The first kappa shape index (κ1) is 13.0. The van der Waals surface area contributed by atoms with Crippen LogP contribution in [0.3, 0.4) is 0 Å². The first-order valence-electron chi connectivity index (χ1n) is 6.45. The zero-order valence-corrected chi connectivity index (χ0v) is 11.7. The van der Waals surface area contributed by atoms with Gasteiger partial charge in [-0.05, 0) is 30.4 Å². The summed E-state index contributed by atoms with van der Waals surface area (Å²) in [6.45, 7) is 0.621. The van der Waals surface area contributed by atoms with Crippen molar-refractivity contribution in [3.8, 4) is 0 Å². The number of carbonyl (C=O) groups excluding carboxylic acids is 1. The van der Waals surface area contributed by atoms with Crippen LogP contribution in [0.25, 0.3) is 0 Å². The standard InChI is InChI=1S/C13H15N5OS/c19-12-11-4-2-8-20(18-11)9-16-13-15-7-5-10(17-13)3-1-6-14-12/h2,4-5,7-8H,1,3,6,9H2,(H,14,19)(H,15,16,17). The van der Waals surface area contributed by atoms with E-state index in [0.717, 1.165) is 18.5 Å². The van der Waals surface area contributed by atoms with Gasteiger partial charge >= 0.3 is 0 Å². The average Bonchev–Trinajstić information content (AvgIpc) is 2.50. The number of nitrogens with zero attached hydrogens (tertiary/aromatic N) is 3. The fraction of sp³-hybridized carbons (Fsp3) is 0.308. The average molecular weight is 289 g/mol. The summed E-state index contributed by atoms with van der Waals surface area (Å²) >= 11 is 0. The number of nitrogens with one attached hydrogen (secondary N) is 2. The zero-order chi connectivity index (χ0) is 13.8. The van der Waals surface area contributed by atoms with Crippen molar-refractivity contribution in [2.24, 2.45) is 4.36 Å². The molecule has 1 atom stereocenters. The summed E-state index contributed by atoms with van der Waals surface area (Å²) < 4.78 is 4.44. The Morgan fingerprint density at radius 1 is 1.30 bits per heavy atom. The van der Waals surface area contributed by atoms with Gasteiger partial charge in [0.25, 0.3) is 5.91 Å². The maximum Gasteiger partial charge on any atom is 0.270 e. The smallest absolute Gasteiger partial charge is 0.270 e. The first-order valence-corrected chi connectivity index (χ1v) is 7.87. The van der Waals surface area contributed by atoms with Crippen LogP contribution in [0.4, 0.5) is 5.95 Å². The van der Waals surface area contributed by atoms with Crippen molar-refractivity contribution in [2.75, 3.05) is 17.7 Å². The summed E-state index contributed by atoms with van der Waals surface area (Å²) in [5.41, 5.74) is 1.47. The number of anilines is 1. The molecule has 20 heavy (non-hydrogen) atoms. The number of aryl methyl sites for hydroxylation is 1. The van der Waals surface area contributed by atoms with Crippen molar-refractivity contribution in [1.82, 2.24) is 15.3 Å². The Morgan fingerprint density at radius 3 is 3.20 bits per heavy atom. The van der Waals surface area contributed by atoms with E-state index >= 15 is 0 Å². The minimum Gasteiger partial charge on any atom is -0.351 e. The van der Waals surface area contributed by atoms with Gasteiger partial charge in [0.2, 0.25) is 5.95 Å². The highest BCUT2D eigenvalue weighted by molar-refractivity contribution is 7.90. The molecule has 3 rings (SSSR count). The number of fused-ring (bicyclic) bond motifs is 3. The monoisotopic (exact) mass is 289 g/mol. The minimum atomic E-state index is -0.361. The summed E-state index contributed by atoms with van der Waals surface area (Å²) in [6, 6.07) is 1.90. The number of amides is 1. The lowest BCUT2D eigenvalue weighted by Crippen LogP contribution is -2.26. The molecule has 0 spiro atoms. The Labute approximate surface area is 119 Å². The van der Waals surface area contributed by atoms with Gasteiger partial charge in [-0.25, -0.2) is 14.3 Å². The lowest BCUT2D eigenvalue weighted by atomic mass is 10.2. The summed E-state index contributed by atoms with van der Waals surface area (Å²) in [5.74, 6) is 1.11. The van der Waals surface area contributed by atoms with Crippen LogP contribution in [0, 0.1) is 0 Å². The van der Waals surface area contributed by atoms with E-state index in [1.807, 2.05) is 17.6 Å². The second kappa shape index (κ2) is 5.96. The highest BCUT2D eigenvalue weighted by Crippen LogP contribution is 2.11. The quantitative estimate of drug-likeness (QED) is 0.750. The van der Waals surface area contributed by atoms with Crippen molar-refractivity contribution in [3.05, 3.63) is 41.2 Å². The SMILES string of the molecule is O=C1NCCCc2ccnc(n2)NCS2=NC1=CC=C2. The lowest BCUT2D eigenvalue weighted by Gasteiger charge is -2.10. The molecular formula is C13H15N5OS. The molecule has 1 aromatic heterocycles. The van der Waals surface area contributed by atoms with E-state index < -0.39 is 0 Å². The van der Waals surface area contributed by atoms with Gasteiger partial charge in [0.15, 0.2) is 0 Å². The molecule has 7 heteroatoms. The molecule has 0 saturated carbocycles. The molecule has 6 nitrogen and oxygen atoms in total. The molecule has 1 unspecified atom stereocenters. The third-order valence-corrected chi connectivity index (χ3v) is 4.27. The Hall–Kier alpha value is -2.02. The molecule has 4 bridgehead atoms. The predicted molar refractivity (Wildman–Crippen MR) is 78.9 cm³/mol. The summed E-state index contributed by atoms with van der Waals surface area (Å²) in [5, 5.41) is 8.05. The molecule has 0 saturated heterocycles. The lowest BCUT2D eigenvalue weighted by molar-refractivity contribution is -0.117. The number of aromatic nitrogens is 2. The minimum absolute atomic E-state index is 0.108. The maximum atomic E-state index is 12.0. The molecule has 104 valence electrons. The second-order valence-electron chi connectivity index (χ2n) is 4.43. The van der Waals surface area contributed by atoms with Gasteiger partial charge in [0.1, 0.15) is 5.70 Å². The highest BCUT2D eigenvalue weighted by atomic mass is 32.2. The van der Waals surface area contributed by atoms with Crippen molar-refractivity contribution < 1.29 is 4.79 Å². The van der Waals surface area contributed by atoms with Gasteiger partial charge in [-0.3, -0.25) is 4.79 Å². The number of hydrogen-bond donors (Lipinski definition) is 2. The Morgan fingerprint density at radius 2 is 2.25 bits per heavy atom. The highest BCUT2D eigenvalue weighted by Gasteiger charge is 2.11. The molecule has 2 aliphatic heterocycles. The third kappa shape index (κ3) is 3.11. The van der Waals surface area contributed by atoms with Crippen LogP contribution in [0.2, 0.25) is 0 Å². The van der Waals surface area contributed by atoms with E-state index in [-0.39, 0.29) is 16.6 Å². The molecule has 1 amide bonds. The Kier molecular flexibility index (Phi) is 3.87. The van der Waals surface area contributed by atoms with Crippen LogP contribution in [-0.4, -0.2) is 28.3 Å². The van der Waals surface area contributed by atoms with E-state index in [9.17, 15) is 4.79 Å². The molecule has 0 aliphatic carbocycles. The van der Waals surface area contributed by atoms with Crippen molar-refractivity contribution >= 4 is 22.5 Å². The largest absolute Gasteiger partial charge is 0.351 e. The van der Waals surface area contributed by atoms with E-state index in [1.54, 1.807) is 12.3 Å². The summed E-state index contributed by atoms with van der Waals surface area (Å²) in [7, 11) is -0.361. The van der Waals surface area contributed by atoms with Crippen molar-refractivity contribution in [2.45, 2.75) is 12.8 Å². The Balaban J connectivity index is 1.86. The number of allylic oxidation sites excluding steroid dienone is 2. The predicted octanol–water partition coefficient (Wildman–Crippen LogP) is 1.12. The van der Waals surface area contributed by atoms with E-state index in [2.05, 4.69) is 25.0 Å². The van der Waals surface area contributed by atoms with Crippen molar-refractivity contribution in [3.63, 3.8) is 0 Å². The van der Waals surface area contributed by atoms with Gasteiger partial charge in [-0.2, -0.15) is 0 Å². The zero-order valence-electron chi connectivity index (χ0n) is 10.9. The second-order valence-corrected chi connectivity index (χ2v) is 5.97. The van der Waals surface area contributed by atoms with Crippen LogP contribution in [-0.2, 0) is 21.9 Å². The van der Waals surface area contributed by atoms with Crippen LogP contribution >= 0.6 is 0 Å². The van der Waals surface area contributed by atoms with Crippen LogP contribution in [0.15, 0.2) is 39.9 Å². The Bertz CT molecular complexity index is 623. The van der Waals surface area contributed by atoms with Gasteiger partial charge in [-0.1, -0.05) is 16.8 Å². The van der Waals surface area contributed by atoms with Crippen LogP contribution in [0.1, 0.15) is 12.1 Å². The van der Waals surface area contributed by atoms with Gasteiger partial charge in [0.05, 0.1) is 5.88 Å². The summed E-state index contributed by atoms with van der Waals surface area (Å²) in [6.07, 6.45) is 7.04. The topological polar surface area (TPSA) is 79.3 Å². The molecule has 0 fully saturated rings. The normalized spacial score (nSPS) is 22.1. The molecule has 1 aromatic rings. The number of rotatable bonds is 0. The van der Waals surface area contributed by atoms with E-state index in [4.69, 9.17) is 0 Å². The molecule has 2 aliphatic rings. The van der Waals surface area contributed by atoms with E-state index in [1.165, 1.54) is 0 Å². The third-order valence-electron chi connectivity index (χ3n) is 2.92. The molecule has 2 N–H and O–H groups in total. The number of hydrogen-bond acceptors (Lipinski definition) is 5. The molecule has 0 radical (unpaired) electrons. The maximum absolute atomic E-state index is 12.0. The van der Waals surface area contributed by atoms with Gasteiger partial charge in [0, 0.05) is 18.4 Å². The number of carbonyl (C=O) groups is 1. The molecular weight excluding hydrogens is 274 g/mol. The van der Waals surface area contributed by atoms with E-state index in [0.29, 0.717) is 24.1 Å². The first-order chi connectivity index (χ1) is 9.81. The fourth-order valence-electron chi connectivity index (χ4n) is 1.93. The van der Waals surface area contributed by atoms with Crippen LogP contribution in [0.5, 0.6) is 0 Å². The van der Waals surface area contributed by atoms with Gasteiger partial charge < -0.3 is 10.6 Å². The van der Waals surface area contributed by atoms with Gasteiger partial charge in [-0.15, -0.1) is 0 Å². The molecule has 3 heterocycles. The van der Waals surface area contributed by atoms with Crippen LogP contribution < -0.4 is 10.6 Å².